The van der Waals surface area contributed by atoms with E-state index in [1.165, 1.54) is 90.6 Å². The summed E-state index contributed by atoms with van der Waals surface area (Å²) in [5, 5.41) is 0. The highest BCUT2D eigenvalue weighted by Gasteiger charge is 2.21. The van der Waals surface area contributed by atoms with Crippen LogP contribution in [0.3, 0.4) is 0 Å². The Morgan fingerprint density at radius 3 is 1.38 bits per heavy atom. The molecule has 0 saturated carbocycles. The number of nitrogens with zero attached hydrogens (tertiary/aromatic N) is 3. The van der Waals surface area contributed by atoms with E-state index in [4.69, 9.17) is 4.43 Å². The number of hydrogen-bond acceptors (Lipinski definition) is 4. The lowest BCUT2D eigenvalue weighted by Gasteiger charge is -2.29. The topological polar surface area (TPSA) is 19.0 Å². The van der Waals surface area contributed by atoms with Crippen molar-refractivity contribution < 1.29 is 4.43 Å². The molecule has 0 N–H and O–H groups in total. The lowest BCUT2D eigenvalue weighted by atomic mass is 10.3. The molecule has 0 amide bonds. The zero-order chi connectivity index (χ0) is 19.8. The van der Waals surface area contributed by atoms with Crippen molar-refractivity contribution in [3.05, 3.63) is 0 Å². The molecule has 5 heteroatoms. The highest BCUT2D eigenvalue weighted by Crippen LogP contribution is 2.11. The first-order valence-electron chi connectivity index (χ1n) is 11.1. The van der Waals surface area contributed by atoms with Crippen LogP contribution >= 0.6 is 0 Å². The lowest BCUT2D eigenvalue weighted by Crippen LogP contribution is -2.38. The molecule has 0 fully saturated rings. The molecule has 0 aromatic rings. The zero-order valence-corrected chi connectivity index (χ0v) is 20.1. The fourth-order valence-corrected chi connectivity index (χ4v) is 4.45. The third-order valence-corrected chi connectivity index (χ3v) is 7.99. The predicted molar refractivity (Wildman–Crippen MR) is 120 cm³/mol. The van der Waals surface area contributed by atoms with E-state index in [9.17, 15) is 0 Å². The van der Waals surface area contributed by atoms with Gasteiger partial charge in [0.1, 0.15) is 0 Å². The molecular formula is C21H49N3OSi. The van der Waals surface area contributed by atoms with Crippen molar-refractivity contribution in [2.24, 2.45) is 0 Å². The second-order valence-electron chi connectivity index (χ2n) is 8.13. The number of hydrogen-bond donors (Lipinski definition) is 0. The molecule has 4 nitrogen and oxygen atoms in total. The van der Waals surface area contributed by atoms with E-state index >= 15 is 0 Å². The molecule has 0 aliphatic carbocycles. The van der Waals surface area contributed by atoms with Crippen LogP contribution in [-0.4, -0.2) is 89.0 Å². The van der Waals surface area contributed by atoms with Gasteiger partial charge in [-0.05, 0) is 104 Å². The normalized spacial score (nSPS) is 12.7. The van der Waals surface area contributed by atoms with E-state index in [1.807, 2.05) is 7.11 Å². The summed E-state index contributed by atoms with van der Waals surface area (Å²) < 4.78 is 5.77. The Hall–Kier alpha value is 0.0569. The molecule has 0 unspecified atom stereocenters. The van der Waals surface area contributed by atoms with Gasteiger partial charge in [0.15, 0.2) is 8.32 Å². The van der Waals surface area contributed by atoms with E-state index in [0.717, 1.165) is 0 Å². The zero-order valence-electron chi connectivity index (χ0n) is 19.1. The standard InChI is InChI=1S/C21H49N3OSi/c1-8-14-22(10-3)16-12-18-24(20-21-26(6,7)25-5)19-13-17-23(11-4)15-9-2/h8-21H2,1-7H3. The second-order valence-corrected chi connectivity index (χ2v) is 12.6. The van der Waals surface area contributed by atoms with Crippen LogP contribution in [0.15, 0.2) is 0 Å². The highest BCUT2D eigenvalue weighted by atomic mass is 28.4. The maximum atomic E-state index is 5.77. The monoisotopic (exact) mass is 387 g/mol. The van der Waals surface area contributed by atoms with Gasteiger partial charge in [0.25, 0.3) is 0 Å². The molecule has 0 radical (unpaired) electrons. The Balaban J connectivity index is 4.40. The molecule has 0 aliphatic heterocycles. The summed E-state index contributed by atoms with van der Waals surface area (Å²) in [6.07, 6.45) is 5.09. The summed E-state index contributed by atoms with van der Waals surface area (Å²) in [5.41, 5.74) is 0. The summed E-state index contributed by atoms with van der Waals surface area (Å²) >= 11 is 0. The predicted octanol–water partition coefficient (Wildman–Crippen LogP) is 4.38. The van der Waals surface area contributed by atoms with Crippen LogP contribution in [0.4, 0.5) is 0 Å². The minimum absolute atomic E-state index is 1.18. The Kier molecular flexibility index (Phi) is 16.1. The molecule has 0 spiro atoms. The summed E-state index contributed by atoms with van der Waals surface area (Å²) in [6, 6.07) is 1.24. The first-order chi connectivity index (χ1) is 12.4. The molecule has 0 bridgehead atoms. The Labute approximate surface area is 166 Å². The van der Waals surface area contributed by atoms with Crippen LogP contribution in [0.2, 0.25) is 19.1 Å². The summed E-state index contributed by atoms with van der Waals surface area (Å²) in [4.78, 5) is 7.88. The minimum atomic E-state index is -1.46. The van der Waals surface area contributed by atoms with E-state index < -0.39 is 8.32 Å². The third-order valence-electron chi connectivity index (χ3n) is 5.45. The van der Waals surface area contributed by atoms with Crippen molar-refractivity contribution in [3.8, 4) is 0 Å². The van der Waals surface area contributed by atoms with E-state index in [2.05, 4.69) is 55.5 Å². The Morgan fingerprint density at radius 2 is 1.04 bits per heavy atom. The minimum Gasteiger partial charge on any atom is -0.420 e. The van der Waals surface area contributed by atoms with Crippen molar-refractivity contribution >= 4 is 8.32 Å². The number of rotatable bonds is 18. The Morgan fingerprint density at radius 1 is 0.615 bits per heavy atom. The fourth-order valence-electron chi connectivity index (χ4n) is 3.39. The largest absolute Gasteiger partial charge is 0.420 e. The van der Waals surface area contributed by atoms with Crippen molar-refractivity contribution in [3.63, 3.8) is 0 Å². The Bertz CT molecular complexity index is 296. The molecule has 0 saturated heterocycles. The van der Waals surface area contributed by atoms with Gasteiger partial charge < -0.3 is 19.1 Å². The summed E-state index contributed by atoms with van der Waals surface area (Å²) in [7, 11) is 0.429. The van der Waals surface area contributed by atoms with Gasteiger partial charge in [0.2, 0.25) is 0 Å². The van der Waals surface area contributed by atoms with Gasteiger partial charge >= 0.3 is 0 Å². The maximum Gasteiger partial charge on any atom is 0.187 e. The van der Waals surface area contributed by atoms with Crippen LogP contribution in [-0.2, 0) is 4.43 Å². The van der Waals surface area contributed by atoms with Gasteiger partial charge in [0, 0.05) is 7.11 Å². The first kappa shape index (κ1) is 26.1. The van der Waals surface area contributed by atoms with Gasteiger partial charge in [0.05, 0.1) is 0 Å². The quantitative estimate of drug-likeness (QED) is 0.325. The van der Waals surface area contributed by atoms with Crippen molar-refractivity contribution in [2.75, 3.05) is 66.0 Å². The first-order valence-corrected chi connectivity index (χ1v) is 14.3. The van der Waals surface area contributed by atoms with Crippen molar-refractivity contribution in [1.82, 2.24) is 14.7 Å². The van der Waals surface area contributed by atoms with Gasteiger partial charge in [-0.2, -0.15) is 0 Å². The molecule has 0 heterocycles. The van der Waals surface area contributed by atoms with Crippen LogP contribution in [0.5, 0.6) is 0 Å². The van der Waals surface area contributed by atoms with E-state index in [0.29, 0.717) is 0 Å². The highest BCUT2D eigenvalue weighted by molar-refractivity contribution is 6.71. The van der Waals surface area contributed by atoms with Crippen molar-refractivity contribution in [2.45, 2.75) is 72.5 Å². The smallest absolute Gasteiger partial charge is 0.187 e. The molecule has 158 valence electrons. The summed E-state index contributed by atoms with van der Waals surface area (Å²) in [6.45, 7) is 24.8. The fraction of sp³-hybridized carbons (Fsp3) is 1.00. The molecule has 26 heavy (non-hydrogen) atoms. The van der Waals surface area contributed by atoms with Crippen LogP contribution < -0.4 is 0 Å². The van der Waals surface area contributed by atoms with Gasteiger partial charge in [-0.3, -0.25) is 0 Å². The molecule has 0 aliphatic rings. The third kappa shape index (κ3) is 13.3. The van der Waals surface area contributed by atoms with E-state index in [1.54, 1.807) is 0 Å². The molecular weight excluding hydrogens is 338 g/mol. The molecule has 0 rings (SSSR count). The van der Waals surface area contributed by atoms with Crippen LogP contribution in [0.1, 0.15) is 53.4 Å². The van der Waals surface area contributed by atoms with Crippen molar-refractivity contribution in [1.29, 1.82) is 0 Å². The van der Waals surface area contributed by atoms with Gasteiger partial charge in [-0.15, -0.1) is 0 Å². The van der Waals surface area contributed by atoms with Gasteiger partial charge in [-0.1, -0.05) is 27.7 Å². The van der Waals surface area contributed by atoms with E-state index in [-0.39, 0.29) is 0 Å². The second kappa shape index (κ2) is 16.1. The van der Waals surface area contributed by atoms with Crippen LogP contribution in [0.25, 0.3) is 0 Å². The average Bonchev–Trinajstić information content (AvgIpc) is 2.64. The van der Waals surface area contributed by atoms with Crippen LogP contribution in [0, 0.1) is 0 Å². The molecule has 0 aromatic heterocycles. The van der Waals surface area contributed by atoms with Gasteiger partial charge in [-0.25, -0.2) is 0 Å². The maximum absolute atomic E-state index is 5.77. The lowest BCUT2D eigenvalue weighted by molar-refractivity contribution is 0.216. The molecule has 0 aromatic carbocycles. The summed E-state index contributed by atoms with van der Waals surface area (Å²) in [5.74, 6) is 0. The SMILES string of the molecule is CCCN(CC)CCCN(CCCN(CC)CCC)CC[Si](C)(C)OC. The molecule has 0 atom stereocenters. The average molecular weight is 388 g/mol.